The van der Waals surface area contributed by atoms with Crippen LogP contribution in [-0.2, 0) is 6.18 Å². The summed E-state index contributed by atoms with van der Waals surface area (Å²) in [6.07, 6.45) is -1.66. The number of halogens is 3. The van der Waals surface area contributed by atoms with E-state index in [0.717, 1.165) is 25.3 Å². The van der Waals surface area contributed by atoms with Crippen molar-refractivity contribution in [3.63, 3.8) is 0 Å². The number of carbonyl (C=O) groups is 1. The molecule has 1 aromatic carbocycles. The number of urea groups is 1. The van der Waals surface area contributed by atoms with Crippen molar-refractivity contribution in [3.8, 4) is 0 Å². The molecular formula is C12H13F3N2O. The van der Waals surface area contributed by atoms with Crippen molar-refractivity contribution in [3.05, 3.63) is 29.8 Å². The number of benzene rings is 1. The van der Waals surface area contributed by atoms with E-state index in [4.69, 9.17) is 0 Å². The molecule has 2 rings (SSSR count). The Bertz CT molecular complexity index is 441. The lowest BCUT2D eigenvalue weighted by Gasteiger charge is -2.26. The Kier molecular flexibility index (Phi) is 3.45. The van der Waals surface area contributed by atoms with Crippen molar-refractivity contribution in [1.29, 1.82) is 0 Å². The summed E-state index contributed by atoms with van der Waals surface area (Å²) in [5, 5.41) is 4.87. The van der Waals surface area contributed by atoms with E-state index in [9.17, 15) is 18.0 Å². The molecule has 6 heteroatoms. The molecule has 0 unspecified atom stereocenters. The maximum atomic E-state index is 12.7. The van der Waals surface area contributed by atoms with Gasteiger partial charge in [0.05, 0.1) is 11.3 Å². The normalized spacial score (nSPS) is 15.9. The van der Waals surface area contributed by atoms with Crippen molar-refractivity contribution >= 4 is 11.7 Å². The number of anilines is 1. The summed E-state index contributed by atoms with van der Waals surface area (Å²) < 4.78 is 38.0. The van der Waals surface area contributed by atoms with Gasteiger partial charge in [0.1, 0.15) is 0 Å². The van der Waals surface area contributed by atoms with Crippen LogP contribution in [0.2, 0.25) is 0 Å². The minimum Gasteiger partial charge on any atom is -0.335 e. The van der Waals surface area contributed by atoms with E-state index in [-0.39, 0.29) is 11.7 Å². The summed E-state index contributed by atoms with van der Waals surface area (Å²) >= 11 is 0. The van der Waals surface area contributed by atoms with Crippen LogP contribution in [0.1, 0.15) is 24.8 Å². The van der Waals surface area contributed by atoms with Crippen LogP contribution in [0.3, 0.4) is 0 Å². The van der Waals surface area contributed by atoms with Crippen molar-refractivity contribution in [2.24, 2.45) is 0 Å². The van der Waals surface area contributed by atoms with Gasteiger partial charge in [0, 0.05) is 6.04 Å². The first kappa shape index (κ1) is 12.7. The van der Waals surface area contributed by atoms with Crippen LogP contribution >= 0.6 is 0 Å². The molecule has 1 fully saturated rings. The molecule has 1 aromatic rings. The first-order valence-corrected chi connectivity index (χ1v) is 5.70. The van der Waals surface area contributed by atoms with Gasteiger partial charge in [-0.3, -0.25) is 0 Å². The number of hydrogen-bond acceptors (Lipinski definition) is 1. The summed E-state index contributed by atoms with van der Waals surface area (Å²) in [6, 6.07) is 4.42. The van der Waals surface area contributed by atoms with E-state index in [1.807, 2.05) is 0 Å². The minimum atomic E-state index is -4.47. The van der Waals surface area contributed by atoms with Crippen molar-refractivity contribution in [2.75, 3.05) is 5.32 Å². The van der Waals surface area contributed by atoms with E-state index >= 15 is 0 Å². The molecule has 2 amide bonds. The molecule has 0 bridgehead atoms. The smallest absolute Gasteiger partial charge is 0.335 e. The number of nitrogens with one attached hydrogen (secondary N) is 2. The number of carbonyl (C=O) groups excluding carboxylic acids is 1. The molecule has 0 aliphatic heterocycles. The van der Waals surface area contributed by atoms with Gasteiger partial charge in [0.2, 0.25) is 0 Å². The van der Waals surface area contributed by atoms with Crippen LogP contribution in [0, 0.1) is 0 Å². The number of hydrogen-bond donors (Lipinski definition) is 2. The van der Waals surface area contributed by atoms with Crippen LogP contribution in [0.25, 0.3) is 0 Å². The van der Waals surface area contributed by atoms with Crippen LogP contribution < -0.4 is 10.6 Å². The maximum absolute atomic E-state index is 12.7. The first-order valence-electron chi connectivity index (χ1n) is 5.70. The van der Waals surface area contributed by atoms with Gasteiger partial charge in [0.25, 0.3) is 0 Å². The summed E-state index contributed by atoms with van der Waals surface area (Å²) in [7, 11) is 0. The van der Waals surface area contributed by atoms with Crippen LogP contribution in [0.4, 0.5) is 23.7 Å². The van der Waals surface area contributed by atoms with Gasteiger partial charge in [0.15, 0.2) is 0 Å². The number of amides is 2. The highest BCUT2D eigenvalue weighted by Gasteiger charge is 2.33. The molecule has 0 saturated heterocycles. The fourth-order valence-corrected chi connectivity index (χ4v) is 1.74. The molecule has 18 heavy (non-hydrogen) atoms. The van der Waals surface area contributed by atoms with Gasteiger partial charge >= 0.3 is 12.2 Å². The average molecular weight is 258 g/mol. The largest absolute Gasteiger partial charge is 0.418 e. The molecule has 98 valence electrons. The summed E-state index contributed by atoms with van der Waals surface area (Å²) in [4.78, 5) is 11.5. The maximum Gasteiger partial charge on any atom is 0.418 e. The number of para-hydroxylation sites is 1. The van der Waals surface area contributed by atoms with Crippen LogP contribution in [-0.4, -0.2) is 12.1 Å². The Morgan fingerprint density at radius 2 is 1.89 bits per heavy atom. The second kappa shape index (κ2) is 4.88. The highest BCUT2D eigenvalue weighted by molar-refractivity contribution is 5.90. The Labute approximate surface area is 102 Å². The third kappa shape index (κ3) is 2.94. The standard InChI is InChI=1S/C12H13F3N2O/c13-12(14,15)9-6-1-2-7-10(9)17-11(18)16-8-4-3-5-8/h1-2,6-8H,3-5H2,(H2,16,17,18). The molecule has 1 aliphatic carbocycles. The van der Waals surface area contributed by atoms with Gasteiger partial charge in [-0.05, 0) is 31.4 Å². The molecule has 0 radical (unpaired) electrons. The average Bonchev–Trinajstić information content (AvgIpc) is 2.23. The lowest BCUT2D eigenvalue weighted by Crippen LogP contribution is -2.42. The zero-order valence-electron chi connectivity index (χ0n) is 9.55. The van der Waals surface area contributed by atoms with Crippen molar-refractivity contribution in [2.45, 2.75) is 31.5 Å². The van der Waals surface area contributed by atoms with Crippen LogP contribution in [0.5, 0.6) is 0 Å². The molecule has 0 atom stereocenters. The minimum absolute atomic E-state index is 0.0862. The molecule has 1 aliphatic rings. The highest BCUT2D eigenvalue weighted by Crippen LogP contribution is 2.34. The van der Waals surface area contributed by atoms with Gasteiger partial charge in [-0.25, -0.2) is 4.79 Å². The van der Waals surface area contributed by atoms with E-state index in [1.165, 1.54) is 18.2 Å². The summed E-state index contributed by atoms with van der Waals surface area (Å²) in [5.41, 5.74) is -1.06. The Morgan fingerprint density at radius 1 is 1.22 bits per heavy atom. The molecule has 0 spiro atoms. The Morgan fingerprint density at radius 3 is 2.44 bits per heavy atom. The highest BCUT2D eigenvalue weighted by atomic mass is 19.4. The molecule has 0 aromatic heterocycles. The topological polar surface area (TPSA) is 41.1 Å². The third-order valence-corrected chi connectivity index (χ3v) is 2.92. The zero-order chi connectivity index (χ0) is 13.2. The molecule has 1 saturated carbocycles. The van der Waals surface area contributed by atoms with Crippen molar-refractivity contribution < 1.29 is 18.0 Å². The molecular weight excluding hydrogens is 245 g/mol. The van der Waals surface area contributed by atoms with Gasteiger partial charge in [-0.1, -0.05) is 12.1 Å². The van der Waals surface area contributed by atoms with Gasteiger partial charge in [-0.15, -0.1) is 0 Å². The first-order chi connectivity index (χ1) is 8.47. The van der Waals surface area contributed by atoms with E-state index in [0.29, 0.717) is 0 Å². The van der Waals surface area contributed by atoms with Crippen LogP contribution in [0.15, 0.2) is 24.3 Å². The third-order valence-electron chi connectivity index (χ3n) is 2.92. The van der Waals surface area contributed by atoms with Crippen molar-refractivity contribution in [1.82, 2.24) is 5.32 Å². The predicted molar refractivity (Wildman–Crippen MR) is 61.2 cm³/mol. The fraction of sp³-hybridized carbons (Fsp3) is 0.417. The van der Waals surface area contributed by atoms with E-state index in [1.54, 1.807) is 0 Å². The second-order valence-corrected chi connectivity index (χ2v) is 4.27. The number of rotatable bonds is 2. The summed E-state index contributed by atoms with van der Waals surface area (Å²) in [6.45, 7) is 0. The molecule has 3 nitrogen and oxygen atoms in total. The second-order valence-electron chi connectivity index (χ2n) is 4.27. The quantitative estimate of drug-likeness (QED) is 0.838. The lowest BCUT2D eigenvalue weighted by atomic mass is 9.93. The van der Waals surface area contributed by atoms with E-state index < -0.39 is 17.8 Å². The Balaban J connectivity index is 2.06. The van der Waals surface area contributed by atoms with Gasteiger partial charge in [-0.2, -0.15) is 13.2 Å². The zero-order valence-corrected chi connectivity index (χ0v) is 9.55. The fourth-order valence-electron chi connectivity index (χ4n) is 1.74. The SMILES string of the molecule is O=C(Nc1ccccc1C(F)(F)F)NC1CCC1. The predicted octanol–water partition coefficient (Wildman–Crippen LogP) is 3.38. The number of alkyl halides is 3. The monoisotopic (exact) mass is 258 g/mol. The van der Waals surface area contributed by atoms with Gasteiger partial charge < -0.3 is 10.6 Å². The van der Waals surface area contributed by atoms with E-state index in [2.05, 4.69) is 10.6 Å². The molecule has 0 heterocycles. The molecule has 2 N–H and O–H groups in total. The lowest BCUT2D eigenvalue weighted by molar-refractivity contribution is -0.136. The Hall–Kier alpha value is -1.72. The summed E-state index contributed by atoms with van der Waals surface area (Å²) in [5.74, 6) is 0.